The summed E-state index contributed by atoms with van der Waals surface area (Å²) in [7, 11) is 2.33. The zero-order chi connectivity index (χ0) is 21.4. The van der Waals surface area contributed by atoms with Crippen LogP contribution in [0.2, 0.25) is 0 Å². The van der Waals surface area contributed by atoms with Gasteiger partial charge in [0.25, 0.3) is 5.91 Å². The van der Waals surface area contributed by atoms with Gasteiger partial charge in [0.05, 0.1) is 13.2 Å². The van der Waals surface area contributed by atoms with Crippen LogP contribution >= 0.6 is 0 Å². The number of aryl methyl sites for hydroxylation is 1. The first-order chi connectivity index (χ1) is 15.0. The highest BCUT2D eigenvalue weighted by molar-refractivity contribution is 5.91. The molecule has 5 nitrogen and oxygen atoms in total. The number of aliphatic hydroxyl groups is 1. The number of nitrogens with zero attached hydrogens (tertiary/aromatic N) is 2. The smallest absolute Gasteiger partial charge is 0.287 e. The number of carbonyl (C=O) groups is 1. The average Bonchev–Trinajstić information content (AvgIpc) is 3.10. The number of hydrogen-bond acceptors (Lipinski definition) is 2. The molecule has 6 rings (SSSR count). The zero-order valence-corrected chi connectivity index (χ0v) is 18.9. The SMILES string of the molecule is CCCCn1cc2c3c(cccc31)C1C[C@@]3(C(=O)NC4CCC(O)CC4)C[N+]3(C)[C@@H]1C2. The highest BCUT2D eigenvalue weighted by Gasteiger charge is 2.81. The fourth-order valence-electron chi connectivity index (χ4n) is 7.38. The van der Waals surface area contributed by atoms with Gasteiger partial charge in [-0.1, -0.05) is 25.5 Å². The zero-order valence-electron chi connectivity index (χ0n) is 18.9. The number of nitrogens with one attached hydrogen (secondary N) is 1. The van der Waals surface area contributed by atoms with E-state index in [0.717, 1.165) is 56.1 Å². The number of unbranched alkanes of at least 4 members (excludes halogenated alkanes) is 1. The van der Waals surface area contributed by atoms with Crippen molar-refractivity contribution in [2.24, 2.45) is 0 Å². The lowest BCUT2D eigenvalue weighted by molar-refractivity contribution is -0.818. The molecule has 1 aromatic heterocycles. The van der Waals surface area contributed by atoms with Crippen LogP contribution in [0.4, 0.5) is 0 Å². The van der Waals surface area contributed by atoms with Crippen molar-refractivity contribution in [3.63, 3.8) is 0 Å². The number of carbonyl (C=O) groups excluding carboxylic acids is 1. The van der Waals surface area contributed by atoms with E-state index in [1.165, 1.54) is 34.9 Å². The summed E-state index contributed by atoms with van der Waals surface area (Å²) in [5.74, 6) is 0.756. The fraction of sp³-hybridized carbons (Fsp3) is 0.654. The monoisotopic (exact) mass is 422 g/mol. The van der Waals surface area contributed by atoms with Crippen LogP contribution in [0.3, 0.4) is 0 Å². The Hall–Kier alpha value is -1.85. The molecular weight excluding hydrogens is 386 g/mol. The van der Waals surface area contributed by atoms with Crippen LogP contribution in [0, 0.1) is 0 Å². The molecule has 1 amide bonds. The Bertz CT molecular complexity index is 1040. The molecule has 1 aromatic carbocycles. The lowest BCUT2D eigenvalue weighted by atomic mass is 9.77. The fourth-order valence-corrected chi connectivity index (χ4v) is 7.38. The van der Waals surface area contributed by atoms with Gasteiger partial charge in [0.15, 0.2) is 0 Å². The number of quaternary nitrogens is 1. The summed E-state index contributed by atoms with van der Waals surface area (Å²) in [6, 6.07) is 7.59. The maximum atomic E-state index is 13.5. The molecule has 1 saturated carbocycles. The molecule has 2 unspecified atom stereocenters. The van der Waals surface area contributed by atoms with Gasteiger partial charge in [-0.05, 0) is 49.3 Å². The van der Waals surface area contributed by atoms with Crippen molar-refractivity contribution in [1.82, 2.24) is 9.88 Å². The molecule has 2 saturated heterocycles. The number of piperidine rings is 1. The summed E-state index contributed by atoms with van der Waals surface area (Å²) >= 11 is 0. The van der Waals surface area contributed by atoms with Crippen molar-refractivity contribution >= 4 is 16.8 Å². The Labute approximate surface area is 185 Å². The van der Waals surface area contributed by atoms with E-state index in [0.29, 0.717) is 12.0 Å². The van der Waals surface area contributed by atoms with Gasteiger partial charge in [-0.3, -0.25) is 9.28 Å². The topological polar surface area (TPSA) is 54.3 Å². The first-order valence-corrected chi connectivity index (χ1v) is 12.4. The Kier molecular flexibility index (Phi) is 4.36. The second-order valence-electron chi connectivity index (χ2n) is 11.0. The molecule has 2 aromatic rings. The van der Waals surface area contributed by atoms with Crippen LogP contribution in [0.5, 0.6) is 0 Å². The van der Waals surface area contributed by atoms with Crippen LogP contribution in [0.1, 0.15) is 68.9 Å². The summed E-state index contributed by atoms with van der Waals surface area (Å²) in [4.78, 5) is 13.5. The Morgan fingerprint density at radius 3 is 2.87 bits per heavy atom. The van der Waals surface area contributed by atoms with E-state index in [1.807, 2.05) is 0 Å². The maximum Gasteiger partial charge on any atom is 0.287 e. The molecule has 166 valence electrons. The Balaban J connectivity index is 1.28. The molecule has 3 heterocycles. The van der Waals surface area contributed by atoms with Crippen LogP contribution in [-0.2, 0) is 17.8 Å². The Morgan fingerprint density at radius 2 is 2.10 bits per heavy atom. The number of aromatic nitrogens is 1. The first-order valence-electron chi connectivity index (χ1n) is 12.4. The highest BCUT2D eigenvalue weighted by atomic mass is 16.3. The molecule has 0 spiro atoms. The molecule has 31 heavy (non-hydrogen) atoms. The molecule has 5 heteroatoms. The van der Waals surface area contributed by atoms with Crippen LogP contribution in [0.25, 0.3) is 10.9 Å². The predicted octanol–water partition coefficient (Wildman–Crippen LogP) is 3.47. The van der Waals surface area contributed by atoms with E-state index in [4.69, 9.17) is 0 Å². The van der Waals surface area contributed by atoms with E-state index in [9.17, 15) is 9.90 Å². The van der Waals surface area contributed by atoms with Gasteiger partial charge < -0.3 is 15.0 Å². The van der Waals surface area contributed by atoms with Crippen molar-refractivity contribution in [2.45, 2.75) is 94.5 Å². The van der Waals surface area contributed by atoms with E-state index >= 15 is 0 Å². The first kappa shape index (κ1) is 19.8. The largest absolute Gasteiger partial charge is 0.393 e. The van der Waals surface area contributed by atoms with Gasteiger partial charge in [-0.2, -0.15) is 0 Å². The van der Waals surface area contributed by atoms with Gasteiger partial charge in [-0.15, -0.1) is 0 Å². The normalized spacial score (nSPS) is 38.0. The summed E-state index contributed by atoms with van der Waals surface area (Å²) < 4.78 is 3.38. The van der Waals surface area contributed by atoms with Crippen molar-refractivity contribution < 1.29 is 14.4 Å². The van der Waals surface area contributed by atoms with Gasteiger partial charge in [0.1, 0.15) is 12.6 Å². The second-order valence-corrected chi connectivity index (χ2v) is 11.0. The molecule has 4 aliphatic rings. The molecular formula is C26H36N3O2+. The molecule has 2 N–H and O–H groups in total. The molecule has 3 fully saturated rings. The minimum absolute atomic E-state index is 0.180. The second kappa shape index (κ2) is 6.82. The van der Waals surface area contributed by atoms with E-state index in [2.05, 4.69) is 48.3 Å². The van der Waals surface area contributed by atoms with Gasteiger partial charge >= 0.3 is 0 Å². The summed E-state index contributed by atoms with van der Waals surface area (Å²) in [6.07, 6.45) is 10.2. The third kappa shape index (κ3) is 2.72. The predicted molar refractivity (Wildman–Crippen MR) is 122 cm³/mol. The molecule has 4 atom stereocenters. The standard InChI is InChI=1S/C26H35N3O2/c1-3-4-12-28-15-17-13-23-21(20-6-5-7-22(28)24(17)20)14-26(16-29(23,26)2)25(31)27-18-8-10-19(30)11-9-18/h5-7,15,18-19,21,23,30H,3-4,8-14,16H2,1-2H3/p+1/t18?,19?,21?,23-,26+,29?/m1/s1. The molecule has 0 bridgehead atoms. The van der Waals surface area contributed by atoms with Crippen molar-refractivity contribution in [1.29, 1.82) is 0 Å². The average molecular weight is 423 g/mol. The maximum absolute atomic E-state index is 13.5. The third-order valence-electron chi connectivity index (χ3n) is 9.27. The minimum Gasteiger partial charge on any atom is -0.393 e. The van der Waals surface area contributed by atoms with Crippen molar-refractivity contribution in [2.75, 3.05) is 13.6 Å². The summed E-state index contributed by atoms with van der Waals surface area (Å²) in [5, 5.41) is 14.7. The van der Waals surface area contributed by atoms with E-state index < -0.39 is 0 Å². The highest BCUT2D eigenvalue weighted by Crippen LogP contribution is 2.62. The lowest BCUT2D eigenvalue weighted by Gasteiger charge is -2.31. The van der Waals surface area contributed by atoms with Crippen molar-refractivity contribution in [3.8, 4) is 0 Å². The number of benzene rings is 1. The number of rotatable bonds is 5. The van der Waals surface area contributed by atoms with Crippen LogP contribution < -0.4 is 5.32 Å². The number of fused-ring (bicyclic) bond motifs is 4. The minimum atomic E-state index is -0.241. The van der Waals surface area contributed by atoms with E-state index in [1.54, 1.807) is 0 Å². The lowest BCUT2D eigenvalue weighted by Crippen LogP contribution is -2.49. The van der Waals surface area contributed by atoms with Crippen LogP contribution in [-0.4, -0.2) is 57.4 Å². The van der Waals surface area contributed by atoms with Crippen molar-refractivity contribution in [3.05, 3.63) is 35.5 Å². The number of likely N-dealkylation sites (N-methyl/N-ethyl adjacent to an activating group) is 1. The van der Waals surface area contributed by atoms with Gasteiger partial charge in [-0.25, -0.2) is 0 Å². The molecule has 2 aliphatic heterocycles. The third-order valence-corrected chi connectivity index (χ3v) is 9.27. The molecule has 0 radical (unpaired) electrons. The summed E-state index contributed by atoms with van der Waals surface area (Å²) in [5.41, 5.74) is 4.12. The number of amides is 1. The van der Waals surface area contributed by atoms with Gasteiger partial charge in [0.2, 0.25) is 5.54 Å². The Morgan fingerprint density at radius 1 is 1.29 bits per heavy atom. The van der Waals surface area contributed by atoms with Gasteiger partial charge in [0, 0.05) is 48.4 Å². The molecule has 2 aliphatic carbocycles. The number of aliphatic hydroxyl groups excluding tert-OH is 1. The quantitative estimate of drug-likeness (QED) is 0.573. The summed E-state index contributed by atoms with van der Waals surface area (Å²) in [6.45, 7) is 4.34. The van der Waals surface area contributed by atoms with Crippen LogP contribution in [0.15, 0.2) is 24.4 Å². The number of hydrogen-bond donors (Lipinski definition) is 2. The van der Waals surface area contributed by atoms with E-state index in [-0.39, 0.29) is 23.6 Å².